The van der Waals surface area contributed by atoms with Crippen molar-refractivity contribution < 1.29 is 27.5 Å². The monoisotopic (exact) mass is 531 g/mol. The Balaban J connectivity index is 1.48. The number of carbonyl (C=O) groups is 2. The van der Waals surface area contributed by atoms with Gasteiger partial charge in [0.1, 0.15) is 11.5 Å². The van der Waals surface area contributed by atoms with E-state index in [4.69, 9.17) is 9.47 Å². The Labute approximate surface area is 220 Å². The zero-order chi connectivity index (χ0) is 27.1. The minimum absolute atomic E-state index is 0.0541. The number of hydrazone groups is 1. The van der Waals surface area contributed by atoms with Gasteiger partial charge in [-0.3, -0.25) is 4.79 Å². The van der Waals surface area contributed by atoms with Gasteiger partial charge < -0.3 is 9.47 Å². The number of carbonyl (C=O) groups excluding carboxylic acids is 2. The van der Waals surface area contributed by atoms with Gasteiger partial charge in [0.15, 0.2) is 0 Å². The molecule has 2 N–H and O–H groups in total. The highest BCUT2D eigenvalue weighted by Gasteiger charge is 2.16. The molecule has 4 rings (SSSR count). The van der Waals surface area contributed by atoms with Crippen LogP contribution in [0.3, 0.4) is 0 Å². The Morgan fingerprint density at radius 1 is 0.921 bits per heavy atom. The molecule has 0 unspecified atom stereocenters. The second-order valence-electron chi connectivity index (χ2n) is 8.25. The Kier molecular flexibility index (Phi) is 8.15. The van der Waals surface area contributed by atoms with Crippen molar-refractivity contribution in [3.05, 3.63) is 102 Å². The number of aryl methyl sites for hydroxylation is 1. The van der Waals surface area contributed by atoms with Gasteiger partial charge in [-0.2, -0.15) is 5.10 Å². The van der Waals surface area contributed by atoms with Gasteiger partial charge in [-0.05, 0) is 60.2 Å². The molecular weight excluding hydrogens is 506 g/mol. The lowest BCUT2D eigenvalue weighted by atomic mass is 10.0. The average Bonchev–Trinajstić information content (AvgIpc) is 2.93. The summed E-state index contributed by atoms with van der Waals surface area (Å²) >= 11 is 0. The summed E-state index contributed by atoms with van der Waals surface area (Å²) in [5.41, 5.74) is 4.01. The van der Waals surface area contributed by atoms with E-state index < -0.39 is 28.4 Å². The number of hydrogen-bond donors (Lipinski definition) is 2. The number of nitrogens with zero attached hydrogens (tertiary/aromatic N) is 1. The van der Waals surface area contributed by atoms with Crippen LogP contribution >= 0.6 is 0 Å². The van der Waals surface area contributed by atoms with Gasteiger partial charge in [0, 0.05) is 5.56 Å². The van der Waals surface area contributed by atoms with Crippen molar-refractivity contribution in [3.8, 4) is 11.5 Å². The minimum atomic E-state index is -3.86. The molecule has 0 bridgehead atoms. The first-order chi connectivity index (χ1) is 18.3. The summed E-state index contributed by atoms with van der Waals surface area (Å²) in [4.78, 5) is 25.1. The number of esters is 1. The quantitative estimate of drug-likeness (QED) is 0.147. The zero-order valence-corrected chi connectivity index (χ0v) is 21.5. The summed E-state index contributed by atoms with van der Waals surface area (Å²) in [6.45, 7) is 1.33. The van der Waals surface area contributed by atoms with Crippen molar-refractivity contribution in [1.29, 1.82) is 0 Å². The Hall–Kier alpha value is -4.54. The normalized spacial score (nSPS) is 11.4. The number of rotatable bonds is 9. The summed E-state index contributed by atoms with van der Waals surface area (Å²) < 4.78 is 37.8. The number of amides is 1. The molecule has 4 aromatic rings. The van der Waals surface area contributed by atoms with Crippen LogP contribution in [0.1, 0.15) is 21.5 Å². The predicted molar refractivity (Wildman–Crippen MR) is 144 cm³/mol. The van der Waals surface area contributed by atoms with Crippen molar-refractivity contribution in [2.75, 3.05) is 13.7 Å². The lowest BCUT2D eigenvalue weighted by Crippen LogP contribution is -2.34. The van der Waals surface area contributed by atoms with Crippen molar-refractivity contribution in [2.24, 2.45) is 5.10 Å². The van der Waals surface area contributed by atoms with E-state index in [1.54, 1.807) is 42.5 Å². The van der Waals surface area contributed by atoms with E-state index in [-0.39, 0.29) is 10.6 Å². The van der Waals surface area contributed by atoms with Crippen LogP contribution in [0.4, 0.5) is 0 Å². The maximum Gasteiger partial charge on any atom is 0.343 e. The lowest BCUT2D eigenvalue weighted by molar-refractivity contribution is -0.119. The second-order valence-corrected chi connectivity index (χ2v) is 10.0. The summed E-state index contributed by atoms with van der Waals surface area (Å²) in [5, 5.41) is 5.58. The highest BCUT2D eigenvalue weighted by Crippen LogP contribution is 2.27. The number of methoxy groups -OCH3 is 1. The van der Waals surface area contributed by atoms with Gasteiger partial charge in [-0.15, -0.1) is 0 Å². The number of hydrogen-bond acceptors (Lipinski definition) is 7. The first-order valence-corrected chi connectivity index (χ1v) is 13.0. The summed E-state index contributed by atoms with van der Waals surface area (Å²) in [7, 11) is -2.32. The fourth-order valence-corrected chi connectivity index (χ4v) is 4.54. The third kappa shape index (κ3) is 6.41. The molecule has 10 heteroatoms. The number of nitrogens with one attached hydrogen (secondary N) is 2. The van der Waals surface area contributed by atoms with E-state index >= 15 is 0 Å². The van der Waals surface area contributed by atoms with E-state index in [0.717, 1.165) is 16.3 Å². The van der Waals surface area contributed by atoms with Gasteiger partial charge in [0.25, 0.3) is 5.91 Å². The SMILES string of the molecule is COc1ccc(C(=O)Oc2ccc3ccccc3c2/C=N/NC(=O)CNS(=O)(=O)c2ccc(C)cc2)cc1. The van der Waals surface area contributed by atoms with Gasteiger partial charge in [-0.25, -0.2) is 23.4 Å². The third-order valence-corrected chi connectivity index (χ3v) is 7.01. The Morgan fingerprint density at radius 3 is 2.34 bits per heavy atom. The summed E-state index contributed by atoms with van der Waals surface area (Å²) in [6, 6.07) is 23.6. The zero-order valence-electron chi connectivity index (χ0n) is 20.7. The van der Waals surface area contributed by atoms with E-state index in [1.807, 2.05) is 37.3 Å². The van der Waals surface area contributed by atoms with Gasteiger partial charge in [0.05, 0.1) is 30.3 Å². The molecule has 0 atom stereocenters. The number of fused-ring (bicyclic) bond motifs is 1. The van der Waals surface area contributed by atoms with Crippen LogP contribution in [0.15, 0.2) is 94.9 Å². The number of sulfonamides is 1. The number of ether oxygens (including phenoxy) is 2. The molecule has 1 amide bonds. The number of benzene rings is 4. The van der Waals surface area contributed by atoms with Crippen LogP contribution in [0.2, 0.25) is 0 Å². The third-order valence-electron chi connectivity index (χ3n) is 5.60. The van der Waals surface area contributed by atoms with Crippen LogP contribution in [-0.4, -0.2) is 40.2 Å². The molecule has 0 fully saturated rings. The molecular formula is C28H25N3O6S. The predicted octanol–water partition coefficient (Wildman–Crippen LogP) is 3.80. The maximum atomic E-state index is 12.8. The Bertz CT molecular complexity index is 1600. The fourth-order valence-electron chi connectivity index (χ4n) is 3.55. The summed E-state index contributed by atoms with van der Waals surface area (Å²) in [5.74, 6) is -0.402. The van der Waals surface area contributed by atoms with Crippen LogP contribution in [0.5, 0.6) is 11.5 Å². The van der Waals surface area contributed by atoms with E-state index in [9.17, 15) is 18.0 Å². The fraction of sp³-hybridized carbons (Fsp3) is 0.107. The molecule has 0 spiro atoms. The molecule has 0 aliphatic rings. The van der Waals surface area contributed by atoms with Crippen molar-refractivity contribution >= 4 is 38.9 Å². The minimum Gasteiger partial charge on any atom is -0.497 e. The van der Waals surface area contributed by atoms with Crippen molar-refractivity contribution in [2.45, 2.75) is 11.8 Å². The topological polar surface area (TPSA) is 123 Å². The molecule has 0 aliphatic heterocycles. The first kappa shape index (κ1) is 26.5. The molecule has 9 nitrogen and oxygen atoms in total. The molecule has 0 saturated heterocycles. The first-order valence-electron chi connectivity index (χ1n) is 11.5. The standard InChI is InChI=1S/C28H25N3O6S/c1-19-7-14-23(15-8-19)38(34,35)30-18-27(32)31-29-17-25-24-6-4-3-5-20(24)11-16-26(25)37-28(33)21-9-12-22(36-2)13-10-21/h3-17,30H,18H2,1-2H3,(H,31,32)/b29-17+. The molecule has 0 saturated carbocycles. The smallest absolute Gasteiger partial charge is 0.343 e. The van der Waals surface area contributed by atoms with Crippen LogP contribution < -0.4 is 19.6 Å². The molecule has 0 aromatic heterocycles. The van der Waals surface area contributed by atoms with E-state index in [2.05, 4.69) is 15.2 Å². The van der Waals surface area contributed by atoms with Crippen LogP contribution in [0.25, 0.3) is 10.8 Å². The molecule has 0 heterocycles. The highest BCUT2D eigenvalue weighted by atomic mass is 32.2. The van der Waals surface area contributed by atoms with E-state index in [0.29, 0.717) is 16.9 Å². The summed E-state index contributed by atoms with van der Waals surface area (Å²) in [6.07, 6.45) is 1.35. The van der Waals surface area contributed by atoms with Crippen LogP contribution in [0, 0.1) is 6.92 Å². The van der Waals surface area contributed by atoms with Crippen molar-refractivity contribution in [3.63, 3.8) is 0 Å². The second kappa shape index (κ2) is 11.7. The van der Waals surface area contributed by atoms with Crippen LogP contribution in [-0.2, 0) is 14.8 Å². The molecule has 4 aromatic carbocycles. The molecule has 38 heavy (non-hydrogen) atoms. The van der Waals surface area contributed by atoms with Crippen molar-refractivity contribution in [1.82, 2.24) is 10.1 Å². The lowest BCUT2D eigenvalue weighted by Gasteiger charge is -2.11. The van der Waals surface area contributed by atoms with E-state index in [1.165, 1.54) is 25.5 Å². The van der Waals surface area contributed by atoms with Gasteiger partial charge in [0.2, 0.25) is 10.0 Å². The maximum absolute atomic E-state index is 12.8. The van der Waals surface area contributed by atoms with Gasteiger partial charge in [-0.1, -0.05) is 48.0 Å². The average molecular weight is 532 g/mol. The molecule has 0 radical (unpaired) electrons. The molecule has 0 aliphatic carbocycles. The highest BCUT2D eigenvalue weighted by molar-refractivity contribution is 7.89. The van der Waals surface area contributed by atoms with Gasteiger partial charge >= 0.3 is 5.97 Å². The largest absolute Gasteiger partial charge is 0.497 e. The molecule has 194 valence electrons. The Morgan fingerprint density at radius 2 is 1.63 bits per heavy atom.